The van der Waals surface area contributed by atoms with E-state index >= 15 is 0 Å². The molecule has 1 fully saturated rings. The van der Waals surface area contributed by atoms with Gasteiger partial charge in [0.25, 0.3) is 0 Å². The molecule has 4 rings (SSSR count). The number of benzene rings is 1. The zero-order valence-corrected chi connectivity index (χ0v) is 14.6. The number of nitrogens with one attached hydrogen (secondary N) is 1. The van der Waals surface area contributed by atoms with E-state index in [2.05, 4.69) is 15.4 Å². The number of aromatic nitrogens is 4. The van der Waals surface area contributed by atoms with Crippen molar-refractivity contribution >= 4 is 28.7 Å². The van der Waals surface area contributed by atoms with Crippen LogP contribution in [0.2, 0.25) is 5.02 Å². The molecule has 1 atom stereocenters. The maximum absolute atomic E-state index is 12.4. The molecule has 1 aromatic carbocycles. The number of hydrogen-bond donors (Lipinski definition) is 1. The van der Waals surface area contributed by atoms with Crippen LogP contribution in [0.15, 0.2) is 36.7 Å². The summed E-state index contributed by atoms with van der Waals surface area (Å²) in [5, 5.41) is 7.82. The largest absolute Gasteiger partial charge is 0.331 e. The molecule has 1 aliphatic heterocycles. The van der Waals surface area contributed by atoms with E-state index in [-0.39, 0.29) is 12.1 Å². The minimum Gasteiger partial charge on any atom is -0.331 e. The van der Waals surface area contributed by atoms with Gasteiger partial charge in [-0.15, -0.1) is 0 Å². The number of halogens is 1. The van der Waals surface area contributed by atoms with Crippen molar-refractivity contribution in [2.24, 2.45) is 7.05 Å². The summed E-state index contributed by atoms with van der Waals surface area (Å²) in [6, 6.07) is 8.04. The zero-order chi connectivity index (χ0) is 17.4. The quantitative estimate of drug-likeness (QED) is 0.782. The summed E-state index contributed by atoms with van der Waals surface area (Å²) in [6.07, 6.45) is 4.29. The lowest BCUT2D eigenvalue weighted by atomic mass is 10.3. The molecule has 0 saturated carbocycles. The summed E-state index contributed by atoms with van der Waals surface area (Å²) in [5.74, 6) is 0.837. The summed E-state index contributed by atoms with van der Waals surface area (Å²) in [4.78, 5) is 18.8. The number of carbonyl (C=O) groups excluding carboxylic acids is 1. The molecule has 7 nitrogen and oxygen atoms in total. The highest BCUT2D eigenvalue weighted by molar-refractivity contribution is 6.30. The number of para-hydroxylation sites is 2. The molecule has 130 valence electrons. The molecule has 25 heavy (non-hydrogen) atoms. The molecule has 1 N–H and O–H groups in total. The fraction of sp³-hybridized carbons (Fsp3) is 0.353. The van der Waals surface area contributed by atoms with Gasteiger partial charge in [0.15, 0.2) is 0 Å². The predicted molar refractivity (Wildman–Crippen MR) is 95.4 cm³/mol. The Bertz CT molecular complexity index is 917. The van der Waals surface area contributed by atoms with Crippen LogP contribution >= 0.6 is 11.6 Å². The van der Waals surface area contributed by atoms with Crippen molar-refractivity contribution in [3.63, 3.8) is 0 Å². The highest BCUT2D eigenvalue weighted by atomic mass is 35.5. The van der Waals surface area contributed by atoms with E-state index in [1.807, 2.05) is 45.5 Å². The summed E-state index contributed by atoms with van der Waals surface area (Å²) >= 11 is 5.92. The molecular formula is C17H19ClN6O. The summed E-state index contributed by atoms with van der Waals surface area (Å²) in [6.45, 7) is 1.74. The number of carbonyl (C=O) groups is 1. The van der Waals surface area contributed by atoms with Crippen LogP contribution in [0.25, 0.3) is 11.0 Å². The molecule has 0 bridgehead atoms. The first-order chi connectivity index (χ1) is 12.1. The van der Waals surface area contributed by atoms with Crippen LogP contribution in [0.4, 0.5) is 4.79 Å². The smallest absolute Gasteiger partial charge is 0.317 e. The van der Waals surface area contributed by atoms with Gasteiger partial charge in [0.1, 0.15) is 5.82 Å². The molecule has 0 radical (unpaired) electrons. The van der Waals surface area contributed by atoms with E-state index in [1.54, 1.807) is 12.4 Å². The van der Waals surface area contributed by atoms with E-state index in [0.717, 1.165) is 23.3 Å². The Hall–Kier alpha value is -2.54. The van der Waals surface area contributed by atoms with Gasteiger partial charge in [-0.05, 0) is 18.6 Å². The molecule has 1 saturated heterocycles. The average molecular weight is 359 g/mol. The van der Waals surface area contributed by atoms with Crippen molar-refractivity contribution in [1.29, 1.82) is 0 Å². The van der Waals surface area contributed by atoms with Crippen LogP contribution in [0.1, 0.15) is 18.3 Å². The SMILES string of the molecule is Cn1c(CNC(=O)N2CCC(n3cc(Cl)cn3)C2)nc2ccccc21. The van der Waals surface area contributed by atoms with Crippen LogP contribution < -0.4 is 5.32 Å². The van der Waals surface area contributed by atoms with Gasteiger partial charge in [0.2, 0.25) is 0 Å². The van der Waals surface area contributed by atoms with Crippen LogP contribution in [0, 0.1) is 0 Å². The highest BCUT2D eigenvalue weighted by Crippen LogP contribution is 2.22. The minimum atomic E-state index is -0.0761. The molecule has 2 amide bonds. The standard InChI is InChI=1S/C17H19ClN6O/c1-22-15-5-3-2-4-14(15)21-16(22)9-19-17(25)23-7-6-13(11-23)24-10-12(18)8-20-24/h2-5,8,10,13H,6-7,9,11H2,1H3,(H,19,25). The second-order valence-corrected chi connectivity index (χ2v) is 6.70. The third-order valence-corrected chi connectivity index (χ3v) is 4.87. The third kappa shape index (κ3) is 3.07. The topological polar surface area (TPSA) is 68.0 Å². The van der Waals surface area contributed by atoms with Crippen LogP contribution in [0.3, 0.4) is 0 Å². The minimum absolute atomic E-state index is 0.0761. The predicted octanol–water partition coefficient (Wildman–Crippen LogP) is 2.58. The van der Waals surface area contributed by atoms with Gasteiger partial charge >= 0.3 is 6.03 Å². The summed E-state index contributed by atoms with van der Waals surface area (Å²) in [7, 11) is 1.96. The Morgan fingerprint density at radius 2 is 2.24 bits per heavy atom. The van der Waals surface area contributed by atoms with E-state index in [0.29, 0.717) is 24.7 Å². The van der Waals surface area contributed by atoms with Crippen LogP contribution in [-0.2, 0) is 13.6 Å². The number of rotatable bonds is 3. The molecule has 3 heterocycles. The first-order valence-electron chi connectivity index (χ1n) is 8.24. The van der Waals surface area contributed by atoms with E-state index < -0.39 is 0 Å². The second kappa shape index (κ2) is 6.40. The van der Waals surface area contributed by atoms with Gasteiger partial charge in [-0.3, -0.25) is 4.68 Å². The Balaban J connectivity index is 1.38. The Morgan fingerprint density at radius 1 is 1.40 bits per heavy atom. The maximum atomic E-state index is 12.4. The van der Waals surface area contributed by atoms with Gasteiger partial charge in [0, 0.05) is 26.3 Å². The Kier molecular flexibility index (Phi) is 4.09. The van der Waals surface area contributed by atoms with E-state index in [9.17, 15) is 4.79 Å². The first kappa shape index (κ1) is 16.0. The van der Waals surface area contributed by atoms with Gasteiger partial charge < -0.3 is 14.8 Å². The van der Waals surface area contributed by atoms with Gasteiger partial charge in [-0.2, -0.15) is 5.10 Å². The van der Waals surface area contributed by atoms with Crippen molar-refractivity contribution in [2.75, 3.05) is 13.1 Å². The molecular weight excluding hydrogens is 340 g/mol. The number of urea groups is 1. The first-order valence-corrected chi connectivity index (χ1v) is 8.62. The Morgan fingerprint density at radius 3 is 3.00 bits per heavy atom. The summed E-state index contributed by atoms with van der Waals surface area (Å²) < 4.78 is 3.84. The average Bonchev–Trinajstić information content (AvgIpc) is 3.32. The number of nitrogens with zero attached hydrogens (tertiary/aromatic N) is 5. The number of hydrogen-bond acceptors (Lipinski definition) is 3. The van der Waals surface area contributed by atoms with E-state index in [4.69, 9.17) is 11.6 Å². The van der Waals surface area contributed by atoms with Crippen molar-refractivity contribution in [3.8, 4) is 0 Å². The van der Waals surface area contributed by atoms with E-state index in [1.165, 1.54) is 0 Å². The molecule has 8 heteroatoms. The van der Waals surface area contributed by atoms with Gasteiger partial charge in [-0.1, -0.05) is 23.7 Å². The number of amides is 2. The van der Waals surface area contributed by atoms with Crippen molar-refractivity contribution in [3.05, 3.63) is 47.5 Å². The zero-order valence-electron chi connectivity index (χ0n) is 13.9. The van der Waals surface area contributed by atoms with Crippen molar-refractivity contribution in [1.82, 2.24) is 29.5 Å². The van der Waals surface area contributed by atoms with Crippen LogP contribution in [-0.4, -0.2) is 43.4 Å². The fourth-order valence-corrected chi connectivity index (χ4v) is 3.42. The second-order valence-electron chi connectivity index (χ2n) is 6.26. The normalized spacial score (nSPS) is 17.4. The molecule has 2 aromatic heterocycles. The van der Waals surface area contributed by atoms with Gasteiger partial charge in [0.05, 0.1) is 34.8 Å². The van der Waals surface area contributed by atoms with Gasteiger partial charge in [-0.25, -0.2) is 9.78 Å². The highest BCUT2D eigenvalue weighted by Gasteiger charge is 2.28. The molecule has 0 aliphatic carbocycles. The molecule has 0 spiro atoms. The fourth-order valence-electron chi connectivity index (χ4n) is 3.28. The molecule has 1 unspecified atom stereocenters. The van der Waals surface area contributed by atoms with Crippen LogP contribution in [0.5, 0.6) is 0 Å². The monoisotopic (exact) mass is 358 g/mol. The number of likely N-dealkylation sites (tertiary alicyclic amines) is 1. The summed E-state index contributed by atoms with van der Waals surface area (Å²) in [5.41, 5.74) is 1.99. The number of aryl methyl sites for hydroxylation is 1. The molecule has 1 aliphatic rings. The lowest BCUT2D eigenvalue weighted by Gasteiger charge is -2.17. The lowest BCUT2D eigenvalue weighted by Crippen LogP contribution is -2.38. The molecule has 3 aromatic rings. The van der Waals surface area contributed by atoms with Crippen molar-refractivity contribution < 1.29 is 4.79 Å². The lowest BCUT2D eigenvalue weighted by molar-refractivity contribution is 0.206. The number of imidazole rings is 1. The number of fused-ring (bicyclic) bond motifs is 1. The third-order valence-electron chi connectivity index (χ3n) is 4.67. The van der Waals surface area contributed by atoms with Crippen molar-refractivity contribution in [2.45, 2.75) is 19.0 Å². The Labute approximate surface area is 150 Å². The maximum Gasteiger partial charge on any atom is 0.317 e.